The van der Waals surface area contributed by atoms with E-state index < -0.39 is 11.8 Å². The highest BCUT2D eigenvalue weighted by Gasteiger charge is 2.21. The van der Waals surface area contributed by atoms with Crippen molar-refractivity contribution in [1.82, 2.24) is 5.32 Å². The van der Waals surface area contributed by atoms with Crippen LogP contribution >= 0.6 is 0 Å². The molecule has 0 aliphatic rings. The van der Waals surface area contributed by atoms with Crippen LogP contribution in [-0.4, -0.2) is 46.5 Å². The standard InChI is InChI=1S/C22H30N4O2/c1-15-7-12-19(16(2)13-15)24-22(28)21(27)23-14-20(26(5)6)17-8-10-18(11-9-17)25(3)4/h7-13,20H,14H2,1-6H3,(H,23,27)(H,24,28)/p+1/t20-/m0/s1. The number of nitrogens with zero attached hydrogens (tertiary/aromatic N) is 1. The third-order valence-electron chi connectivity index (χ3n) is 4.81. The molecule has 0 radical (unpaired) electrons. The molecule has 0 fully saturated rings. The maximum Gasteiger partial charge on any atom is 0.313 e. The van der Waals surface area contributed by atoms with E-state index in [0.717, 1.165) is 22.4 Å². The lowest BCUT2D eigenvalue weighted by atomic mass is 10.1. The molecular formula is C22H31N4O2+. The summed E-state index contributed by atoms with van der Waals surface area (Å²) in [6.45, 7) is 4.27. The van der Waals surface area contributed by atoms with Crippen LogP contribution in [0.4, 0.5) is 11.4 Å². The molecule has 6 heteroatoms. The van der Waals surface area contributed by atoms with Crippen molar-refractivity contribution in [3.05, 3.63) is 59.2 Å². The molecular weight excluding hydrogens is 352 g/mol. The Hall–Kier alpha value is -2.86. The zero-order valence-corrected chi connectivity index (χ0v) is 17.6. The summed E-state index contributed by atoms with van der Waals surface area (Å²) < 4.78 is 0. The van der Waals surface area contributed by atoms with Crippen LogP contribution < -0.4 is 20.4 Å². The molecule has 6 nitrogen and oxygen atoms in total. The highest BCUT2D eigenvalue weighted by atomic mass is 16.2. The van der Waals surface area contributed by atoms with Crippen molar-refractivity contribution in [2.45, 2.75) is 19.9 Å². The van der Waals surface area contributed by atoms with E-state index in [4.69, 9.17) is 0 Å². The number of carbonyl (C=O) groups is 2. The number of rotatable bonds is 6. The second-order valence-electron chi connectivity index (χ2n) is 7.60. The van der Waals surface area contributed by atoms with Crippen LogP contribution in [0.2, 0.25) is 0 Å². The van der Waals surface area contributed by atoms with Gasteiger partial charge in [0.1, 0.15) is 6.04 Å². The second kappa shape index (κ2) is 9.37. The van der Waals surface area contributed by atoms with Gasteiger partial charge in [-0.1, -0.05) is 29.8 Å². The van der Waals surface area contributed by atoms with E-state index in [1.165, 1.54) is 4.90 Å². The molecule has 0 aliphatic carbocycles. The Morgan fingerprint density at radius 1 is 1.00 bits per heavy atom. The number of amides is 2. The van der Waals surface area contributed by atoms with Crippen LogP contribution in [-0.2, 0) is 9.59 Å². The highest BCUT2D eigenvalue weighted by Crippen LogP contribution is 2.17. The Bertz CT molecular complexity index is 829. The molecule has 2 aromatic carbocycles. The first-order valence-electron chi connectivity index (χ1n) is 9.42. The summed E-state index contributed by atoms with van der Waals surface area (Å²) in [6, 6.07) is 14.0. The summed E-state index contributed by atoms with van der Waals surface area (Å²) in [5, 5.41) is 5.46. The fourth-order valence-corrected chi connectivity index (χ4v) is 3.07. The van der Waals surface area contributed by atoms with E-state index in [2.05, 4.69) is 34.9 Å². The van der Waals surface area contributed by atoms with Gasteiger partial charge in [0.15, 0.2) is 0 Å². The lowest BCUT2D eigenvalue weighted by Crippen LogP contribution is -3.07. The van der Waals surface area contributed by atoms with Gasteiger partial charge in [0.25, 0.3) is 0 Å². The summed E-state index contributed by atoms with van der Waals surface area (Å²) in [6.07, 6.45) is 0. The summed E-state index contributed by atoms with van der Waals surface area (Å²) >= 11 is 0. The van der Waals surface area contributed by atoms with Gasteiger partial charge in [0.05, 0.1) is 20.6 Å². The van der Waals surface area contributed by atoms with E-state index in [9.17, 15) is 9.59 Å². The van der Waals surface area contributed by atoms with Gasteiger partial charge in [0.2, 0.25) is 0 Å². The van der Waals surface area contributed by atoms with Crippen molar-refractivity contribution < 1.29 is 14.5 Å². The molecule has 0 spiro atoms. The normalized spacial score (nSPS) is 11.8. The first-order valence-corrected chi connectivity index (χ1v) is 9.42. The number of carbonyl (C=O) groups excluding carboxylic acids is 2. The Balaban J connectivity index is 2.00. The van der Waals surface area contributed by atoms with Crippen LogP contribution in [0, 0.1) is 13.8 Å². The minimum Gasteiger partial charge on any atom is -0.378 e. The van der Waals surface area contributed by atoms with Crippen LogP contribution in [0.5, 0.6) is 0 Å². The van der Waals surface area contributed by atoms with Crippen molar-refractivity contribution in [3.8, 4) is 0 Å². The van der Waals surface area contributed by atoms with E-state index in [1.807, 2.05) is 65.1 Å². The molecule has 2 amide bonds. The Morgan fingerprint density at radius 2 is 1.64 bits per heavy atom. The summed E-state index contributed by atoms with van der Waals surface area (Å²) in [4.78, 5) is 27.8. The molecule has 0 unspecified atom stereocenters. The van der Waals surface area contributed by atoms with Gasteiger partial charge in [-0.2, -0.15) is 0 Å². The molecule has 0 saturated heterocycles. The van der Waals surface area contributed by atoms with Gasteiger partial charge < -0.3 is 20.4 Å². The van der Waals surface area contributed by atoms with Crippen molar-refractivity contribution in [2.24, 2.45) is 0 Å². The fraction of sp³-hybridized carbons (Fsp3) is 0.364. The van der Waals surface area contributed by atoms with Gasteiger partial charge in [-0.15, -0.1) is 0 Å². The average Bonchev–Trinajstić information content (AvgIpc) is 2.64. The average molecular weight is 384 g/mol. The third-order valence-corrected chi connectivity index (χ3v) is 4.81. The third kappa shape index (κ3) is 5.57. The number of hydrogen-bond donors (Lipinski definition) is 3. The molecule has 0 bridgehead atoms. The van der Waals surface area contributed by atoms with Gasteiger partial charge in [0, 0.05) is 31.0 Å². The van der Waals surface area contributed by atoms with Crippen molar-refractivity contribution >= 4 is 23.2 Å². The van der Waals surface area contributed by atoms with E-state index in [-0.39, 0.29) is 6.04 Å². The number of nitrogens with one attached hydrogen (secondary N) is 3. The molecule has 1 atom stereocenters. The maximum atomic E-state index is 12.3. The van der Waals surface area contributed by atoms with E-state index >= 15 is 0 Å². The van der Waals surface area contributed by atoms with E-state index in [1.54, 1.807) is 0 Å². The molecule has 150 valence electrons. The molecule has 0 heterocycles. The van der Waals surface area contributed by atoms with Gasteiger partial charge in [-0.3, -0.25) is 9.59 Å². The first kappa shape index (κ1) is 21.4. The van der Waals surface area contributed by atoms with Crippen molar-refractivity contribution in [3.63, 3.8) is 0 Å². The van der Waals surface area contributed by atoms with Crippen molar-refractivity contribution in [1.29, 1.82) is 0 Å². The minimum atomic E-state index is -0.651. The summed E-state index contributed by atoms with van der Waals surface area (Å²) in [7, 11) is 8.06. The van der Waals surface area contributed by atoms with Gasteiger partial charge in [-0.25, -0.2) is 0 Å². The monoisotopic (exact) mass is 383 g/mol. The Kier molecular flexibility index (Phi) is 7.18. The van der Waals surface area contributed by atoms with Gasteiger partial charge in [-0.05, 0) is 37.6 Å². The van der Waals surface area contributed by atoms with Crippen LogP contribution in [0.3, 0.4) is 0 Å². The lowest BCUT2D eigenvalue weighted by Gasteiger charge is -2.23. The van der Waals surface area contributed by atoms with Crippen LogP contribution in [0.15, 0.2) is 42.5 Å². The largest absolute Gasteiger partial charge is 0.378 e. The number of benzene rings is 2. The molecule has 0 aromatic heterocycles. The fourth-order valence-electron chi connectivity index (χ4n) is 3.07. The molecule has 28 heavy (non-hydrogen) atoms. The van der Waals surface area contributed by atoms with E-state index in [0.29, 0.717) is 12.2 Å². The zero-order valence-electron chi connectivity index (χ0n) is 17.6. The highest BCUT2D eigenvalue weighted by molar-refractivity contribution is 6.39. The summed E-state index contributed by atoms with van der Waals surface area (Å²) in [5.41, 5.74) is 4.92. The second-order valence-corrected chi connectivity index (χ2v) is 7.60. The smallest absolute Gasteiger partial charge is 0.313 e. The lowest BCUT2D eigenvalue weighted by molar-refractivity contribution is -0.890. The van der Waals surface area contributed by atoms with Crippen LogP contribution in [0.25, 0.3) is 0 Å². The molecule has 2 aromatic rings. The number of aryl methyl sites for hydroxylation is 2. The molecule has 2 rings (SSSR count). The Labute approximate surface area is 167 Å². The minimum absolute atomic E-state index is 0.0501. The van der Waals surface area contributed by atoms with Crippen molar-refractivity contribution in [2.75, 3.05) is 45.0 Å². The predicted molar refractivity (Wildman–Crippen MR) is 114 cm³/mol. The maximum absolute atomic E-state index is 12.3. The quantitative estimate of drug-likeness (QED) is 0.659. The zero-order chi connectivity index (χ0) is 20.8. The Morgan fingerprint density at radius 3 is 2.18 bits per heavy atom. The predicted octanol–water partition coefficient (Wildman–Crippen LogP) is 1.31. The molecule has 0 saturated carbocycles. The van der Waals surface area contributed by atoms with Crippen LogP contribution in [0.1, 0.15) is 22.7 Å². The topological polar surface area (TPSA) is 65.9 Å². The number of hydrogen-bond acceptors (Lipinski definition) is 3. The number of quaternary nitrogens is 1. The summed E-state index contributed by atoms with van der Waals surface area (Å²) in [5.74, 6) is -1.28. The number of likely N-dealkylation sites (N-methyl/N-ethyl adjacent to an activating group) is 1. The van der Waals surface area contributed by atoms with Gasteiger partial charge >= 0.3 is 11.8 Å². The first-order chi connectivity index (χ1) is 13.2. The molecule has 0 aliphatic heterocycles. The number of anilines is 2. The SMILES string of the molecule is Cc1ccc(NC(=O)C(=O)NC[C@@H](c2ccc(N(C)C)cc2)[NH+](C)C)c(C)c1. The molecule has 3 N–H and O–H groups in total.